The van der Waals surface area contributed by atoms with Crippen LogP contribution in [0.5, 0.6) is 0 Å². The first-order valence-electron chi connectivity index (χ1n) is 6.81. The van der Waals surface area contributed by atoms with Crippen LogP contribution in [0.3, 0.4) is 0 Å². The maximum atomic E-state index is 3.60. The third-order valence-corrected chi connectivity index (χ3v) is 3.17. The lowest BCUT2D eigenvalue weighted by Gasteiger charge is -2.29. The van der Waals surface area contributed by atoms with Gasteiger partial charge in [-0.25, -0.2) is 0 Å². The summed E-state index contributed by atoms with van der Waals surface area (Å²) in [6.07, 6.45) is 0. The highest BCUT2D eigenvalue weighted by Crippen LogP contribution is 2.16. The van der Waals surface area contributed by atoms with Gasteiger partial charge in [0.2, 0.25) is 0 Å². The molecule has 1 aromatic carbocycles. The van der Waals surface area contributed by atoms with Crippen LogP contribution in [0.2, 0.25) is 0 Å². The summed E-state index contributed by atoms with van der Waals surface area (Å²) in [7, 11) is 4.27. The molecule has 2 nitrogen and oxygen atoms in total. The van der Waals surface area contributed by atoms with Crippen molar-refractivity contribution in [2.75, 3.05) is 33.7 Å². The lowest BCUT2D eigenvalue weighted by atomic mass is 9.92. The Morgan fingerprint density at radius 1 is 1.17 bits per heavy atom. The number of nitrogens with zero attached hydrogens (tertiary/aromatic N) is 1. The van der Waals surface area contributed by atoms with Crippen LogP contribution in [0, 0.1) is 5.41 Å². The van der Waals surface area contributed by atoms with Crippen molar-refractivity contribution >= 4 is 0 Å². The van der Waals surface area contributed by atoms with Crippen LogP contribution < -0.4 is 5.32 Å². The van der Waals surface area contributed by atoms with E-state index in [4.69, 9.17) is 0 Å². The molecule has 0 saturated carbocycles. The molecule has 1 rings (SSSR count). The van der Waals surface area contributed by atoms with Gasteiger partial charge < -0.3 is 10.2 Å². The van der Waals surface area contributed by atoms with Crippen LogP contribution in [0.4, 0.5) is 0 Å². The van der Waals surface area contributed by atoms with Crippen molar-refractivity contribution in [3.8, 4) is 0 Å². The zero-order valence-corrected chi connectivity index (χ0v) is 12.5. The molecule has 0 bridgehead atoms. The van der Waals surface area contributed by atoms with Crippen LogP contribution in [0.1, 0.15) is 32.3 Å². The number of benzene rings is 1. The summed E-state index contributed by atoms with van der Waals surface area (Å²) >= 11 is 0. The molecule has 0 amide bonds. The first-order chi connectivity index (χ1) is 8.41. The second kappa shape index (κ2) is 6.91. The third kappa shape index (κ3) is 5.65. The van der Waals surface area contributed by atoms with Crippen molar-refractivity contribution in [1.29, 1.82) is 0 Å². The van der Waals surface area contributed by atoms with Gasteiger partial charge in [-0.15, -0.1) is 0 Å². The second-order valence-corrected chi connectivity index (χ2v) is 6.34. The highest BCUT2D eigenvalue weighted by atomic mass is 15.1. The van der Waals surface area contributed by atoms with Gasteiger partial charge in [0.05, 0.1) is 0 Å². The minimum absolute atomic E-state index is 0.319. The first kappa shape index (κ1) is 15.2. The van der Waals surface area contributed by atoms with E-state index in [9.17, 15) is 0 Å². The average molecular weight is 248 g/mol. The first-order valence-corrected chi connectivity index (χ1v) is 6.81. The van der Waals surface area contributed by atoms with E-state index in [1.807, 2.05) is 0 Å². The molecule has 1 unspecified atom stereocenters. The molecule has 0 fully saturated rings. The molecule has 0 aromatic heterocycles. The molecule has 0 aliphatic carbocycles. The Morgan fingerprint density at radius 2 is 1.78 bits per heavy atom. The second-order valence-electron chi connectivity index (χ2n) is 6.34. The molecule has 0 saturated heterocycles. The largest absolute Gasteiger partial charge is 0.316 e. The van der Waals surface area contributed by atoms with Crippen molar-refractivity contribution in [3.63, 3.8) is 0 Å². The fraction of sp³-hybridized carbons (Fsp3) is 0.625. The molecule has 0 aliphatic rings. The van der Waals surface area contributed by atoms with E-state index in [1.165, 1.54) is 5.56 Å². The maximum absolute atomic E-state index is 3.60. The summed E-state index contributed by atoms with van der Waals surface area (Å²) in [6, 6.07) is 10.7. The van der Waals surface area contributed by atoms with Gasteiger partial charge in [-0.05, 0) is 31.0 Å². The lowest BCUT2D eigenvalue weighted by molar-refractivity contribution is 0.232. The topological polar surface area (TPSA) is 15.3 Å². The molecule has 1 aromatic rings. The van der Waals surface area contributed by atoms with Crippen molar-refractivity contribution in [3.05, 3.63) is 35.9 Å². The van der Waals surface area contributed by atoms with E-state index in [0.717, 1.165) is 19.6 Å². The maximum Gasteiger partial charge on any atom is 0.00387 e. The zero-order valence-electron chi connectivity index (χ0n) is 12.5. The highest BCUT2D eigenvalue weighted by Gasteiger charge is 2.18. The summed E-state index contributed by atoms with van der Waals surface area (Å²) in [6.45, 7) is 10.1. The Kier molecular flexibility index (Phi) is 5.83. The van der Waals surface area contributed by atoms with Gasteiger partial charge in [0, 0.05) is 19.6 Å². The molecule has 102 valence electrons. The smallest absolute Gasteiger partial charge is 0.00387 e. The van der Waals surface area contributed by atoms with Crippen LogP contribution in [-0.4, -0.2) is 38.6 Å². The summed E-state index contributed by atoms with van der Waals surface area (Å²) < 4.78 is 0. The van der Waals surface area contributed by atoms with E-state index in [1.54, 1.807) is 0 Å². The predicted octanol–water partition coefficient (Wildman–Crippen LogP) is 2.97. The molecule has 0 spiro atoms. The van der Waals surface area contributed by atoms with Crippen molar-refractivity contribution < 1.29 is 0 Å². The van der Waals surface area contributed by atoms with Gasteiger partial charge in [0.15, 0.2) is 0 Å². The Bertz CT molecular complexity index is 330. The molecule has 2 heteroatoms. The molecule has 1 N–H and O–H groups in total. The van der Waals surface area contributed by atoms with Crippen molar-refractivity contribution in [2.45, 2.75) is 26.7 Å². The molecule has 0 heterocycles. The minimum Gasteiger partial charge on any atom is -0.316 e. The number of hydrogen-bond donors (Lipinski definition) is 1. The normalized spacial score (nSPS) is 13.9. The SMILES string of the molecule is CC(CNCC(C)(C)CN(C)C)c1ccccc1. The van der Waals surface area contributed by atoms with Gasteiger partial charge in [-0.1, -0.05) is 51.1 Å². The Morgan fingerprint density at radius 3 is 2.33 bits per heavy atom. The molecule has 1 atom stereocenters. The van der Waals surface area contributed by atoms with Crippen LogP contribution >= 0.6 is 0 Å². The van der Waals surface area contributed by atoms with E-state index in [2.05, 4.69) is 75.4 Å². The molecular formula is C16H28N2. The van der Waals surface area contributed by atoms with Crippen LogP contribution in [0.25, 0.3) is 0 Å². The fourth-order valence-corrected chi connectivity index (χ4v) is 2.44. The minimum atomic E-state index is 0.319. The van der Waals surface area contributed by atoms with E-state index >= 15 is 0 Å². The highest BCUT2D eigenvalue weighted by molar-refractivity contribution is 5.18. The molecule has 0 radical (unpaired) electrons. The molecular weight excluding hydrogens is 220 g/mol. The van der Waals surface area contributed by atoms with E-state index < -0.39 is 0 Å². The Labute approximate surface area is 112 Å². The summed E-state index contributed by atoms with van der Waals surface area (Å²) in [5.74, 6) is 0.571. The van der Waals surface area contributed by atoms with Gasteiger partial charge in [-0.3, -0.25) is 0 Å². The van der Waals surface area contributed by atoms with Gasteiger partial charge in [0.1, 0.15) is 0 Å². The van der Waals surface area contributed by atoms with E-state index in [-0.39, 0.29) is 0 Å². The quantitative estimate of drug-likeness (QED) is 0.798. The fourth-order valence-electron chi connectivity index (χ4n) is 2.44. The lowest BCUT2D eigenvalue weighted by Crippen LogP contribution is -2.38. The number of hydrogen-bond acceptors (Lipinski definition) is 2. The van der Waals surface area contributed by atoms with Crippen LogP contribution in [-0.2, 0) is 0 Å². The standard InChI is InChI=1S/C16H28N2/c1-14(15-9-7-6-8-10-15)11-17-12-16(2,3)13-18(4)5/h6-10,14,17H,11-13H2,1-5H3. The van der Waals surface area contributed by atoms with E-state index in [0.29, 0.717) is 11.3 Å². The number of rotatable bonds is 7. The van der Waals surface area contributed by atoms with Gasteiger partial charge in [0.25, 0.3) is 0 Å². The summed E-state index contributed by atoms with van der Waals surface area (Å²) in [5.41, 5.74) is 1.73. The summed E-state index contributed by atoms with van der Waals surface area (Å²) in [5, 5.41) is 3.60. The Hall–Kier alpha value is -0.860. The summed E-state index contributed by atoms with van der Waals surface area (Å²) in [4.78, 5) is 2.25. The Balaban J connectivity index is 2.33. The zero-order chi connectivity index (χ0) is 13.6. The van der Waals surface area contributed by atoms with Crippen molar-refractivity contribution in [1.82, 2.24) is 10.2 Å². The number of nitrogens with one attached hydrogen (secondary N) is 1. The molecule has 18 heavy (non-hydrogen) atoms. The molecule has 0 aliphatic heterocycles. The van der Waals surface area contributed by atoms with Crippen molar-refractivity contribution in [2.24, 2.45) is 5.41 Å². The monoisotopic (exact) mass is 248 g/mol. The van der Waals surface area contributed by atoms with Crippen LogP contribution in [0.15, 0.2) is 30.3 Å². The average Bonchev–Trinajstić information content (AvgIpc) is 2.28. The predicted molar refractivity (Wildman–Crippen MR) is 80.1 cm³/mol. The van der Waals surface area contributed by atoms with Gasteiger partial charge >= 0.3 is 0 Å². The van der Waals surface area contributed by atoms with Gasteiger partial charge in [-0.2, -0.15) is 0 Å². The third-order valence-electron chi connectivity index (χ3n) is 3.17.